The summed E-state index contributed by atoms with van der Waals surface area (Å²) in [4.78, 5) is 11.3. The van der Waals surface area contributed by atoms with Crippen molar-refractivity contribution in [2.75, 3.05) is 0 Å². The van der Waals surface area contributed by atoms with Crippen molar-refractivity contribution in [1.29, 1.82) is 0 Å². The number of halogens is 2. The van der Waals surface area contributed by atoms with Crippen molar-refractivity contribution in [3.05, 3.63) is 33.9 Å². The van der Waals surface area contributed by atoms with E-state index in [2.05, 4.69) is 0 Å². The normalized spacial score (nSPS) is 10.9. The SMILES string of the molecule is CC(=O)c1cc2ccc(Cl)c(Cl)c2n1C. The van der Waals surface area contributed by atoms with E-state index >= 15 is 0 Å². The lowest BCUT2D eigenvalue weighted by Gasteiger charge is -2.03. The Morgan fingerprint density at radius 3 is 2.60 bits per heavy atom. The number of nitrogens with zero attached hydrogens (tertiary/aromatic N) is 1. The lowest BCUT2D eigenvalue weighted by Crippen LogP contribution is -2.00. The number of hydrogen-bond donors (Lipinski definition) is 0. The van der Waals surface area contributed by atoms with Gasteiger partial charge in [-0.05, 0) is 12.1 Å². The highest BCUT2D eigenvalue weighted by atomic mass is 35.5. The molecule has 0 saturated carbocycles. The van der Waals surface area contributed by atoms with E-state index in [1.807, 2.05) is 12.1 Å². The molecule has 2 rings (SSSR count). The minimum absolute atomic E-state index is 0.0147. The average Bonchev–Trinajstić information content (AvgIpc) is 2.50. The van der Waals surface area contributed by atoms with E-state index in [0.29, 0.717) is 15.7 Å². The molecule has 0 atom stereocenters. The minimum atomic E-state index is 0.0147. The van der Waals surface area contributed by atoms with Crippen LogP contribution < -0.4 is 0 Å². The highest BCUT2D eigenvalue weighted by Crippen LogP contribution is 2.32. The summed E-state index contributed by atoms with van der Waals surface area (Å²) in [6.45, 7) is 1.53. The number of aromatic nitrogens is 1. The molecule has 78 valence electrons. The fourth-order valence-corrected chi connectivity index (χ4v) is 2.17. The topological polar surface area (TPSA) is 22.0 Å². The molecule has 0 saturated heterocycles. The molecular formula is C11H9Cl2NO. The molecule has 2 aromatic rings. The second-order valence-corrected chi connectivity index (χ2v) is 4.23. The van der Waals surface area contributed by atoms with Crippen molar-refractivity contribution in [3.8, 4) is 0 Å². The van der Waals surface area contributed by atoms with E-state index in [-0.39, 0.29) is 5.78 Å². The second-order valence-electron chi connectivity index (χ2n) is 3.44. The Morgan fingerprint density at radius 2 is 2.00 bits per heavy atom. The molecule has 0 N–H and O–H groups in total. The summed E-state index contributed by atoms with van der Waals surface area (Å²) in [7, 11) is 1.81. The average molecular weight is 242 g/mol. The van der Waals surface area contributed by atoms with Crippen molar-refractivity contribution in [2.24, 2.45) is 7.05 Å². The molecule has 0 unspecified atom stereocenters. The van der Waals surface area contributed by atoms with Gasteiger partial charge >= 0.3 is 0 Å². The van der Waals surface area contributed by atoms with E-state index in [0.717, 1.165) is 10.9 Å². The molecule has 1 heterocycles. The third kappa shape index (κ3) is 1.54. The molecule has 0 fully saturated rings. The van der Waals surface area contributed by atoms with Crippen molar-refractivity contribution in [2.45, 2.75) is 6.92 Å². The first-order chi connectivity index (χ1) is 7.02. The zero-order valence-electron chi connectivity index (χ0n) is 8.34. The van der Waals surface area contributed by atoms with Crippen LogP contribution in [-0.2, 0) is 7.05 Å². The number of aryl methyl sites for hydroxylation is 1. The minimum Gasteiger partial charge on any atom is -0.340 e. The first kappa shape index (κ1) is 10.5. The lowest BCUT2D eigenvalue weighted by atomic mass is 10.2. The Bertz CT molecular complexity index is 557. The van der Waals surface area contributed by atoms with Gasteiger partial charge in [0.1, 0.15) is 0 Å². The Kier molecular flexibility index (Phi) is 2.49. The summed E-state index contributed by atoms with van der Waals surface area (Å²) < 4.78 is 1.77. The molecule has 1 aromatic heterocycles. The van der Waals surface area contributed by atoms with Crippen molar-refractivity contribution in [1.82, 2.24) is 4.57 Å². The van der Waals surface area contributed by atoms with Crippen LogP contribution in [0.4, 0.5) is 0 Å². The standard InChI is InChI=1S/C11H9Cl2NO/c1-6(15)9-5-7-3-4-8(12)10(13)11(7)14(9)2/h3-5H,1-2H3. The van der Waals surface area contributed by atoms with Gasteiger partial charge in [0.15, 0.2) is 5.78 Å². The fraction of sp³-hybridized carbons (Fsp3) is 0.182. The van der Waals surface area contributed by atoms with Gasteiger partial charge in [0.2, 0.25) is 0 Å². The van der Waals surface area contributed by atoms with Crippen LogP contribution in [0.15, 0.2) is 18.2 Å². The van der Waals surface area contributed by atoms with Gasteiger partial charge in [0, 0.05) is 19.4 Å². The van der Waals surface area contributed by atoms with Crippen molar-refractivity contribution < 1.29 is 4.79 Å². The summed E-state index contributed by atoms with van der Waals surface area (Å²) in [6, 6.07) is 5.41. The quantitative estimate of drug-likeness (QED) is 0.699. The van der Waals surface area contributed by atoms with Crippen LogP contribution in [-0.4, -0.2) is 10.4 Å². The maximum Gasteiger partial charge on any atom is 0.176 e. The molecular weight excluding hydrogens is 233 g/mol. The fourth-order valence-electron chi connectivity index (χ4n) is 1.71. The van der Waals surface area contributed by atoms with Crippen molar-refractivity contribution in [3.63, 3.8) is 0 Å². The number of rotatable bonds is 1. The van der Waals surface area contributed by atoms with Gasteiger partial charge in [-0.1, -0.05) is 29.3 Å². The van der Waals surface area contributed by atoms with Crippen LogP contribution >= 0.6 is 23.2 Å². The highest BCUT2D eigenvalue weighted by molar-refractivity contribution is 6.45. The number of carbonyl (C=O) groups is 1. The van der Waals surface area contributed by atoms with E-state index in [9.17, 15) is 4.79 Å². The number of ketones is 1. The van der Waals surface area contributed by atoms with E-state index in [4.69, 9.17) is 23.2 Å². The monoisotopic (exact) mass is 241 g/mol. The largest absolute Gasteiger partial charge is 0.340 e. The van der Waals surface area contributed by atoms with Crippen LogP contribution in [0.2, 0.25) is 10.0 Å². The summed E-state index contributed by atoms with van der Waals surface area (Å²) in [5, 5.41) is 1.92. The van der Waals surface area contributed by atoms with Gasteiger partial charge in [-0.3, -0.25) is 4.79 Å². The Morgan fingerprint density at radius 1 is 1.33 bits per heavy atom. The maximum atomic E-state index is 11.3. The molecule has 0 amide bonds. The molecule has 0 aliphatic rings. The van der Waals surface area contributed by atoms with Gasteiger partial charge in [-0.15, -0.1) is 0 Å². The number of benzene rings is 1. The first-order valence-electron chi connectivity index (χ1n) is 4.46. The number of Topliss-reactive ketones (excluding diaryl/α,β-unsaturated/α-hetero) is 1. The van der Waals surface area contributed by atoms with E-state index in [1.165, 1.54) is 6.92 Å². The van der Waals surface area contributed by atoms with Gasteiger partial charge in [-0.25, -0.2) is 0 Å². The number of fused-ring (bicyclic) bond motifs is 1. The number of hydrogen-bond acceptors (Lipinski definition) is 1. The molecule has 0 radical (unpaired) electrons. The molecule has 1 aromatic carbocycles. The van der Waals surface area contributed by atoms with Gasteiger partial charge < -0.3 is 4.57 Å². The molecule has 4 heteroatoms. The van der Waals surface area contributed by atoms with Crippen LogP contribution in [0.5, 0.6) is 0 Å². The maximum absolute atomic E-state index is 11.3. The smallest absolute Gasteiger partial charge is 0.176 e. The van der Waals surface area contributed by atoms with E-state index in [1.54, 1.807) is 17.7 Å². The zero-order valence-corrected chi connectivity index (χ0v) is 9.86. The van der Waals surface area contributed by atoms with Crippen molar-refractivity contribution >= 4 is 39.9 Å². The second kappa shape index (κ2) is 3.54. The molecule has 0 bridgehead atoms. The lowest BCUT2D eigenvalue weighted by molar-refractivity contribution is 0.101. The zero-order chi connectivity index (χ0) is 11.2. The predicted molar refractivity (Wildman–Crippen MR) is 62.9 cm³/mol. The first-order valence-corrected chi connectivity index (χ1v) is 5.22. The van der Waals surface area contributed by atoms with E-state index < -0.39 is 0 Å². The van der Waals surface area contributed by atoms with Crippen LogP contribution in [0.25, 0.3) is 10.9 Å². The summed E-state index contributed by atoms with van der Waals surface area (Å²) in [5.41, 5.74) is 1.43. The Balaban J connectivity index is 2.89. The van der Waals surface area contributed by atoms with Gasteiger partial charge in [0.05, 0.1) is 21.3 Å². The van der Waals surface area contributed by atoms with Gasteiger partial charge in [-0.2, -0.15) is 0 Å². The third-order valence-electron chi connectivity index (χ3n) is 2.45. The van der Waals surface area contributed by atoms with Gasteiger partial charge in [0.25, 0.3) is 0 Å². The molecule has 0 aliphatic carbocycles. The molecule has 0 aliphatic heterocycles. The predicted octanol–water partition coefficient (Wildman–Crippen LogP) is 3.69. The van der Waals surface area contributed by atoms with Crippen LogP contribution in [0.3, 0.4) is 0 Å². The summed E-state index contributed by atoms with van der Waals surface area (Å²) in [5.74, 6) is 0.0147. The highest BCUT2D eigenvalue weighted by Gasteiger charge is 2.13. The third-order valence-corrected chi connectivity index (χ3v) is 3.24. The Labute approximate surface area is 97.4 Å². The summed E-state index contributed by atoms with van der Waals surface area (Å²) in [6.07, 6.45) is 0. The molecule has 0 spiro atoms. The van der Waals surface area contributed by atoms with Crippen LogP contribution in [0.1, 0.15) is 17.4 Å². The number of carbonyl (C=O) groups excluding carboxylic acids is 1. The molecule has 2 nitrogen and oxygen atoms in total. The summed E-state index contributed by atoms with van der Waals surface area (Å²) >= 11 is 12.0. The Hall–Kier alpha value is -0.990. The van der Waals surface area contributed by atoms with Crippen LogP contribution in [0, 0.1) is 0 Å². The molecule has 15 heavy (non-hydrogen) atoms.